The molecule has 2 aromatic rings. The molecule has 0 atom stereocenters. The second-order valence-electron chi connectivity index (χ2n) is 4.62. The fourth-order valence-corrected chi connectivity index (χ4v) is 2.00. The minimum Gasteiger partial charge on any atom is -0.490 e. The third-order valence-corrected chi connectivity index (χ3v) is 3.05. The first-order valence-electron chi connectivity index (χ1n) is 6.94. The Hall–Kier alpha value is -2.00. The summed E-state index contributed by atoms with van der Waals surface area (Å²) in [5, 5.41) is 0. The van der Waals surface area contributed by atoms with E-state index in [4.69, 9.17) is 15.2 Å². The molecule has 3 heteroatoms. The van der Waals surface area contributed by atoms with Gasteiger partial charge >= 0.3 is 0 Å². The molecule has 0 amide bonds. The van der Waals surface area contributed by atoms with Crippen LogP contribution in [0.5, 0.6) is 17.2 Å². The fourth-order valence-electron chi connectivity index (χ4n) is 2.00. The normalized spacial score (nSPS) is 10.3. The van der Waals surface area contributed by atoms with Crippen molar-refractivity contribution in [1.82, 2.24) is 0 Å². The molecule has 3 nitrogen and oxygen atoms in total. The Labute approximate surface area is 120 Å². The number of para-hydroxylation sites is 2. The Morgan fingerprint density at radius 2 is 1.75 bits per heavy atom. The van der Waals surface area contributed by atoms with Crippen molar-refractivity contribution in [3.63, 3.8) is 0 Å². The molecule has 0 unspecified atom stereocenters. The lowest BCUT2D eigenvalue weighted by atomic mass is 10.1. The SMILES string of the molecule is CCOc1ccccc1Oc1cc(CCN)ccc1C. The van der Waals surface area contributed by atoms with Crippen LogP contribution < -0.4 is 15.2 Å². The summed E-state index contributed by atoms with van der Waals surface area (Å²) in [4.78, 5) is 0. The van der Waals surface area contributed by atoms with E-state index in [1.165, 1.54) is 5.56 Å². The molecule has 0 saturated carbocycles. The predicted octanol–water partition coefficient (Wildman–Crippen LogP) is 3.69. The summed E-state index contributed by atoms with van der Waals surface area (Å²) in [6.45, 7) is 5.25. The van der Waals surface area contributed by atoms with Crippen LogP contribution in [0, 0.1) is 6.92 Å². The standard InChI is InChI=1S/C17H21NO2/c1-3-19-15-6-4-5-7-16(15)20-17-12-14(10-11-18)9-8-13(17)2/h4-9,12H,3,10-11,18H2,1-2H3. The van der Waals surface area contributed by atoms with E-state index in [2.05, 4.69) is 12.1 Å². The zero-order chi connectivity index (χ0) is 14.4. The van der Waals surface area contributed by atoms with E-state index >= 15 is 0 Å². The van der Waals surface area contributed by atoms with Crippen molar-refractivity contribution in [2.45, 2.75) is 20.3 Å². The van der Waals surface area contributed by atoms with Crippen molar-refractivity contribution in [2.24, 2.45) is 5.73 Å². The molecule has 2 N–H and O–H groups in total. The molecule has 0 spiro atoms. The third kappa shape index (κ3) is 3.52. The van der Waals surface area contributed by atoms with Gasteiger partial charge in [0.25, 0.3) is 0 Å². The zero-order valence-corrected chi connectivity index (χ0v) is 12.1. The highest BCUT2D eigenvalue weighted by atomic mass is 16.5. The Morgan fingerprint density at radius 3 is 2.45 bits per heavy atom. The molecule has 0 radical (unpaired) electrons. The quantitative estimate of drug-likeness (QED) is 0.871. The first-order chi connectivity index (χ1) is 9.74. The minimum absolute atomic E-state index is 0.618. The van der Waals surface area contributed by atoms with Crippen molar-refractivity contribution in [3.05, 3.63) is 53.6 Å². The summed E-state index contributed by atoms with van der Waals surface area (Å²) in [6.07, 6.45) is 0.851. The van der Waals surface area contributed by atoms with Crippen LogP contribution in [-0.2, 0) is 6.42 Å². The van der Waals surface area contributed by atoms with E-state index in [1.807, 2.05) is 44.2 Å². The van der Waals surface area contributed by atoms with Gasteiger partial charge in [-0.3, -0.25) is 0 Å². The maximum Gasteiger partial charge on any atom is 0.169 e. The van der Waals surface area contributed by atoms with E-state index in [9.17, 15) is 0 Å². The highest BCUT2D eigenvalue weighted by Crippen LogP contribution is 2.33. The van der Waals surface area contributed by atoms with Gasteiger partial charge in [0.2, 0.25) is 0 Å². The number of rotatable bonds is 6. The first kappa shape index (κ1) is 14.4. The van der Waals surface area contributed by atoms with Crippen molar-refractivity contribution >= 4 is 0 Å². The molecule has 0 fully saturated rings. The van der Waals surface area contributed by atoms with Crippen LogP contribution in [0.3, 0.4) is 0 Å². The summed E-state index contributed by atoms with van der Waals surface area (Å²) >= 11 is 0. The second kappa shape index (κ2) is 6.96. The van der Waals surface area contributed by atoms with Crippen molar-refractivity contribution in [3.8, 4) is 17.2 Å². The van der Waals surface area contributed by atoms with Gasteiger partial charge in [0.15, 0.2) is 11.5 Å². The van der Waals surface area contributed by atoms with Gasteiger partial charge in [0.1, 0.15) is 5.75 Å². The molecule has 0 heterocycles. The molecule has 0 saturated heterocycles. The summed E-state index contributed by atoms with van der Waals surface area (Å²) in [7, 11) is 0. The molecule has 106 valence electrons. The van der Waals surface area contributed by atoms with Gasteiger partial charge in [-0.05, 0) is 56.1 Å². The van der Waals surface area contributed by atoms with Crippen LogP contribution in [0.15, 0.2) is 42.5 Å². The lowest BCUT2D eigenvalue weighted by molar-refractivity contribution is 0.321. The minimum atomic E-state index is 0.618. The van der Waals surface area contributed by atoms with E-state index in [1.54, 1.807) is 0 Å². The largest absolute Gasteiger partial charge is 0.490 e. The highest BCUT2D eigenvalue weighted by molar-refractivity contribution is 5.45. The zero-order valence-electron chi connectivity index (χ0n) is 12.1. The van der Waals surface area contributed by atoms with Gasteiger partial charge in [-0.25, -0.2) is 0 Å². The molecule has 20 heavy (non-hydrogen) atoms. The molecule has 0 aromatic heterocycles. The molecule has 0 aliphatic carbocycles. The van der Waals surface area contributed by atoms with Gasteiger partial charge in [-0.2, -0.15) is 0 Å². The van der Waals surface area contributed by atoms with Crippen LogP contribution >= 0.6 is 0 Å². The monoisotopic (exact) mass is 271 g/mol. The molecule has 2 rings (SSSR count). The summed E-state index contributed by atoms with van der Waals surface area (Å²) in [6, 6.07) is 13.9. The molecule has 0 bridgehead atoms. The van der Waals surface area contributed by atoms with Crippen LogP contribution in [0.1, 0.15) is 18.1 Å². The summed E-state index contributed by atoms with van der Waals surface area (Å²) in [5.41, 5.74) is 7.88. The van der Waals surface area contributed by atoms with Crippen molar-refractivity contribution in [1.29, 1.82) is 0 Å². The van der Waals surface area contributed by atoms with E-state index < -0.39 is 0 Å². The number of aryl methyl sites for hydroxylation is 1. The number of nitrogens with two attached hydrogens (primary N) is 1. The summed E-state index contributed by atoms with van der Waals surface area (Å²) < 4.78 is 11.6. The molecular formula is C17H21NO2. The Bertz CT molecular complexity index is 567. The predicted molar refractivity (Wildman–Crippen MR) is 81.6 cm³/mol. The number of hydrogen-bond donors (Lipinski definition) is 1. The van der Waals surface area contributed by atoms with Gasteiger partial charge in [-0.1, -0.05) is 24.3 Å². The molecule has 2 aromatic carbocycles. The maximum atomic E-state index is 6.01. The van der Waals surface area contributed by atoms with Gasteiger partial charge in [0, 0.05) is 0 Å². The van der Waals surface area contributed by atoms with Gasteiger partial charge in [-0.15, -0.1) is 0 Å². The van der Waals surface area contributed by atoms with Crippen LogP contribution in [0.2, 0.25) is 0 Å². The average Bonchev–Trinajstić information content (AvgIpc) is 2.45. The summed E-state index contributed by atoms with van der Waals surface area (Å²) in [5.74, 6) is 2.35. The van der Waals surface area contributed by atoms with Crippen LogP contribution in [0.25, 0.3) is 0 Å². The van der Waals surface area contributed by atoms with Gasteiger partial charge < -0.3 is 15.2 Å². The smallest absolute Gasteiger partial charge is 0.169 e. The van der Waals surface area contributed by atoms with Crippen LogP contribution in [0.4, 0.5) is 0 Å². The molecule has 0 aliphatic rings. The topological polar surface area (TPSA) is 44.5 Å². The number of ether oxygens (including phenoxy) is 2. The second-order valence-corrected chi connectivity index (χ2v) is 4.62. The van der Waals surface area contributed by atoms with Crippen molar-refractivity contribution < 1.29 is 9.47 Å². The van der Waals surface area contributed by atoms with Crippen molar-refractivity contribution in [2.75, 3.05) is 13.2 Å². The third-order valence-electron chi connectivity index (χ3n) is 3.05. The fraction of sp³-hybridized carbons (Fsp3) is 0.294. The Kier molecular flexibility index (Phi) is 5.02. The Morgan fingerprint density at radius 1 is 1.00 bits per heavy atom. The number of benzene rings is 2. The lowest BCUT2D eigenvalue weighted by Gasteiger charge is -2.14. The first-order valence-corrected chi connectivity index (χ1v) is 6.94. The maximum absolute atomic E-state index is 6.01. The van der Waals surface area contributed by atoms with Gasteiger partial charge in [0.05, 0.1) is 6.61 Å². The Balaban J connectivity index is 2.27. The number of hydrogen-bond acceptors (Lipinski definition) is 3. The van der Waals surface area contributed by atoms with E-state index in [0.29, 0.717) is 13.2 Å². The van der Waals surface area contributed by atoms with E-state index in [-0.39, 0.29) is 0 Å². The lowest BCUT2D eigenvalue weighted by Crippen LogP contribution is -2.03. The molecular weight excluding hydrogens is 250 g/mol. The molecule has 0 aliphatic heterocycles. The van der Waals surface area contributed by atoms with Crippen LogP contribution in [-0.4, -0.2) is 13.2 Å². The van der Waals surface area contributed by atoms with E-state index in [0.717, 1.165) is 29.2 Å². The highest BCUT2D eigenvalue weighted by Gasteiger charge is 2.08. The average molecular weight is 271 g/mol.